The minimum absolute atomic E-state index is 0.169. The van der Waals surface area contributed by atoms with Gasteiger partial charge in [0.25, 0.3) is 0 Å². The fourth-order valence-electron chi connectivity index (χ4n) is 5.08. The highest BCUT2D eigenvalue weighted by Crippen LogP contribution is 2.48. The molecule has 0 aliphatic carbocycles. The molecule has 0 saturated heterocycles. The minimum atomic E-state index is -0.353. The first-order valence-corrected chi connectivity index (χ1v) is 14.9. The number of anilines is 1. The molecule has 7 nitrogen and oxygen atoms in total. The molecule has 1 aromatic heterocycles. The van der Waals surface area contributed by atoms with Crippen molar-refractivity contribution >= 4 is 29.4 Å². The fourth-order valence-corrected chi connectivity index (χ4v) is 6.26. The van der Waals surface area contributed by atoms with E-state index < -0.39 is 0 Å². The number of carbonyl (C=O) groups is 2. The number of ether oxygens (including phenoxy) is 1. The van der Waals surface area contributed by atoms with Crippen LogP contribution in [0.2, 0.25) is 0 Å². The predicted octanol–water partition coefficient (Wildman–Crippen LogP) is 6.11. The van der Waals surface area contributed by atoms with Gasteiger partial charge in [0, 0.05) is 17.5 Å². The van der Waals surface area contributed by atoms with Crippen molar-refractivity contribution in [2.45, 2.75) is 44.9 Å². The summed E-state index contributed by atoms with van der Waals surface area (Å²) in [6.45, 7) is 8.43. The molecule has 0 unspecified atom stereocenters. The van der Waals surface area contributed by atoms with Crippen molar-refractivity contribution in [1.82, 2.24) is 15.1 Å². The molecule has 1 aliphatic heterocycles. The summed E-state index contributed by atoms with van der Waals surface area (Å²) in [6.07, 6.45) is 0. The Morgan fingerprint density at radius 3 is 2.45 bits per heavy atom. The van der Waals surface area contributed by atoms with Crippen LogP contribution in [-0.4, -0.2) is 41.0 Å². The highest BCUT2D eigenvalue weighted by Gasteiger charge is 2.40. The van der Waals surface area contributed by atoms with E-state index in [1.165, 1.54) is 12.1 Å². The van der Waals surface area contributed by atoms with E-state index in [9.17, 15) is 14.0 Å². The summed E-state index contributed by atoms with van der Waals surface area (Å²) in [4.78, 5) is 28.7. The summed E-state index contributed by atoms with van der Waals surface area (Å²) in [5.74, 6) is 0.652. The van der Waals surface area contributed by atoms with E-state index in [0.717, 1.165) is 33.6 Å². The first kappa shape index (κ1) is 29.4. The van der Waals surface area contributed by atoms with Gasteiger partial charge in [-0.3, -0.25) is 14.5 Å². The SMILES string of the molecule is COc1ccc(-n2nc(C(C)(C)C)c3c2N(CC(=O)NCc2ccc(F)cc2)C(=O)CS[C@H]3c2cccc(C)c2)cc1. The Morgan fingerprint density at radius 1 is 1.10 bits per heavy atom. The van der Waals surface area contributed by atoms with Gasteiger partial charge in [-0.1, -0.05) is 62.7 Å². The van der Waals surface area contributed by atoms with Gasteiger partial charge in [0.05, 0.1) is 29.5 Å². The Bertz CT molecular complexity index is 1590. The maximum atomic E-state index is 13.8. The van der Waals surface area contributed by atoms with Gasteiger partial charge in [-0.2, -0.15) is 5.10 Å². The molecular weight excluding hydrogens is 551 g/mol. The number of nitrogens with zero attached hydrogens (tertiary/aromatic N) is 3. The molecule has 1 atom stereocenters. The van der Waals surface area contributed by atoms with E-state index in [2.05, 4.69) is 51.2 Å². The Balaban J connectivity index is 1.63. The molecule has 4 aromatic rings. The largest absolute Gasteiger partial charge is 0.497 e. The summed E-state index contributed by atoms with van der Waals surface area (Å²) in [6, 6.07) is 21.8. The number of aryl methyl sites for hydroxylation is 1. The lowest BCUT2D eigenvalue weighted by molar-refractivity contribution is -0.123. The number of rotatable bonds is 7. The number of methoxy groups -OCH3 is 1. The zero-order valence-electron chi connectivity index (χ0n) is 24.5. The number of thioether (sulfide) groups is 1. The Hall–Kier alpha value is -4.11. The lowest BCUT2D eigenvalue weighted by Gasteiger charge is -2.24. The van der Waals surface area contributed by atoms with Crippen LogP contribution >= 0.6 is 11.8 Å². The number of halogens is 1. The van der Waals surface area contributed by atoms with Crippen LogP contribution in [-0.2, 0) is 21.5 Å². The molecular formula is C33H35FN4O3S. The second-order valence-corrected chi connectivity index (χ2v) is 12.5. The van der Waals surface area contributed by atoms with Gasteiger partial charge >= 0.3 is 0 Å². The van der Waals surface area contributed by atoms with Crippen molar-refractivity contribution in [2.24, 2.45) is 0 Å². The van der Waals surface area contributed by atoms with Crippen LogP contribution in [0.15, 0.2) is 72.8 Å². The maximum absolute atomic E-state index is 13.8. The predicted molar refractivity (Wildman–Crippen MR) is 165 cm³/mol. The molecule has 3 aromatic carbocycles. The van der Waals surface area contributed by atoms with E-state index in [-0.39, 0.29) is 47.1 Å². The summed E-state index contributed by atoms with van der Waals surface area (Å²) in [5.41, 5.74) is 5.15. The van der Waals surface area contributed by atoms with E-state index in [4.69, 9.17) is 9.84 Å². The molecule has 0 bridgehead atoms. The summed E-state index contributed by atoms with van der Waals surface area (Å²) < 4.78 is 20.5. The Labute approximate surface area is 250 Å². The van der Waals surface area contributed by atoms with Crippen molar-refractivity contribution in [3.8, 4) is 11.4 Å². The molecule has 1 aliphatic rings. The van der Waals surface area contributed by atoms with Crippen molar-refractivity contribution < 1.29 is 18.7 Å². The lowest BCUT2D eigenvalue weighted by atomic mass is 9.87. The highest BCUT2D eigenvalue weighted by molar-refractivity contribution is 8.00. The molecule has 9 heteroatoms. The number of hydrogen-bond donors (Lipinski definition) is 1. The van der Waals surface area contributed by atoms with E-state index >= 15 is 0 Å². The van der Waals surface area contributed by atoms with Crippen LogP contribution < -0.4 is 15.0 Å². The molecule has 1 N–H and O–H groups in total. The van der Waals surface area contributed by atoms with Crippen LogP contribution in [0.4, 0.5) is 10.2 Å². The van der Waals surface area contributed by atoms with Crippen molar-refractivity contribution in [3.05, 3.63) is 107 Å². The van der Waals surface area contributed by atoms with Gasteiger partial charge in [0.15, 0.2) is 0 Å². The first-order valence-electron chi connectivity index (χ1n) is 13.8. The van der Waals surface area contributed by atoms with Crippen LogP contribution in [0.5, 0.6) is 5.75 Å². The molecule has 0 saturated carbocycles. The summed E-state index contributed by atoms with van der Waals surface area (Å²) in [5, 5.41) is 7.85. The third kappa shape index (κ3) is 6.21. The second-order valence-electron chi connectivity index (χ2n) is 11.4. The molecule has 2 heterocycles. The molecule has 5 rings (SSSR count). The summed E-state index contributed by atoms with van der Waals surface area (Å²) in [7, 11) is 1.61. The van der Waals surface area contributed by atoms with Gasteiger partial charge in [0.1, 0.15) is 23.9 Å². The van der Waals surface area contributed by atoms with Gasteiger partial charge in [0.2, 0.25) is 11.8 Å². The lowest BCUT2D eigenvalue weighted by Crippen LogP contribution is -2.42. The number of aromatic nitrogens is 2. The van der Waals surface area contributed by atoms with Crippen LogP contribution in [0.3, 0.4) is 0 Å². The van der Waals surface area contributed by atoms with Gasteiger partial charge in [-0.15, -0.1) is 11.8 Å². The van der Waals surface area contributed by atoms with Crippen molar-refractivity contribution in [2.75, 3.05) is 24.3 Å². The number of fused-ring (bicyclic) bond motifs is 1. The fraction of sp³-hybridized carbons (Fsp3) is 0.303. The molecule has 0 radical (unpaired) electrons. The third-order valence-corrected chi connectivity index (χ3v) is 8.42. The van der Waals surface area contributed by atoms with Crippen molar-refractivity contribution in [3.63, 3.8) is 0 Å². The molecule has 218 valence electrons. The van der Waals surface area contributed by atoms with E-state index in [0.29, 0.717) is 11.6 Å². The number of benzene rings is 3. The topological polar surface area (TPSA) is 76.5 Å². The minimum Gasteiger partial charge on any atom is -0.497 e. The number of amides is 2. The standard InChI is InChI=1S/C33H35FN4O3S/c1-21-7-6-8-23(17-21)30-29-31(33(2,3)4)36-38(25-13-15-26(41-5)16-14-25)32(29)37(28(40)20-42-30)19-27(39)35-18-22-9-11-24(34)12-10-22/h6-17,30H,18-20H2,1-5H3,(H,35,39)/t30-/m0/s1. The average Bonchev–Trinajstić information content (AvgIpc) is 3.30. The average molecular weight is 587 g/mol. The number of hydrogen-bond acceptors (Lipinski definition) is 5. The Kier molecular flexibility index (Phi) is 8.41. The molecule has 0 spiro atoms. The Morgan fingerprint density at radius 2 is 1.81 bits per heavy atom. The normalized spacial score (nSPS) is 15.2. The van der Waals surface area contributed by atoms with Gasteiger partial charge in [-0.05, 0) is 54.4 Å². The van der Waals surface area contributed by atoms with Crippen molar-refractivity contribution in [1.29, 1.82) is 0 Å². The van der Waals surface area contributed by atoms with Gasteiger partial charge < -0.3 is 10.1 Å². The van der Waals surface area contributed by atoms with E-state index in [1.54, 1.807) is 40.6 Å². The highest BCUT2D eigenvalue weighted by atomic mass is 32.2. The molecule has 2 amide bonds. The monoisotopic (exact) mass is 586 g/mol. The number of carbonyl (C=O) groups excluding carboxylic acids is 2. The maximum Gasteiger partial charge on any atom is 0.240 e. The smallest absolute Gasteiger partial charge is 0.240 e. The van der Waals surface area contributed by atoms with Gasteiger partial charge in [-0.25, -0.2) is 9.07 Å². The van der Waals surface area contributed by atoms with E-state index in [1.807, 2.05) is 30.3 Å². The second kappa shape index (κ2) is 12.0. The quantitative estimate of drug-likeness (QED) is 0.283. The third-order valence-electron chi connectivity index (χ3n) is 7.17. The molecule has 42 heavy (non-hydrogen) atoms. The van der Waals surface area contributed by atoms with Crippen LogP contribution in [0.25, 0.3) is 5.69 Å². The van der Waals surface area contributed by atoms with Crippen LogP contribution in [0, 0.1) is 12.7 Å². The molecule has 0 fully saturated rings. The number of nitrogens with one attached hydrogen (secondary N) is 1. The van der Waals surface area contributed by atoms with Crippen LogP contribution in [0.1, 0.15) is 54.0 Å². The first-order chi connectivity index (χ1) is 20.0. The zero-order valence-corrected chi connectivity index (χ0v) is 25.3. The zero-order chi connectivity index (χ0) is 30.0. The summed E-state index contributed by atoms with van der Waals surface area (Å²) >= 11 is 1.55.